The predicted molar refractivity (Wildman–Crippen MR) is 51.5 cm³/mol. The van der Waals surface area contributed by atoms with Crippen molar-refractivity contribution in [1.29, 1.82) is 0 Å². The first kappa shape index (κ1) is 10.0. The van der Waals surface area contributed by atoms with Gasteiger partial charge in [0.1, 0.15) is 0 Å². The molecule has 1 aliphatic rings. The van der Waals surface area contributed by atoms with Crippen molar-refractivity contribution in [3.8, 4) is 0 Å². The van der Waals surface area contributed by atoms with Crippen molar-refractivity contribution in [2.45, 2.75) is 25.4 Å². The Morgan fingerprint density at radius 2 is 2.40 bits per heavy atom. The average Bonchev–Trinajstić information content (AvgIpc) is 2.30. The third-order valence-electron chi connectivity index (χ3n) is 2.38. The summed E-state index contributed by atoms with van der Waals surface area (Å²) in [6.45, 7) is 0.719. The van der Waals surface area contributed by atoms with Crippen LogP contribution in [0.3, 0.4) is 0 Å². The molecule has 5 nitrogen and oxygen atoms in total. The van der Waals surface area contributed by atoms with E-state index in [9.17, 15) is 4.79 Å². The van der Waals surface area contributed by atoms with Crippen LogP contribution in [0.5, 0.6) is 0 Å². The normalized spacial score (nSPS) is 21.2. The molecule has 0 saturated carbocycles. The molecule has 2 heterocycles. The minimum Gasteiger partial charge on any atom is -0.475 e. The van der Waals surface area contributed by atoms with E-state index in [1.165, 1.54) is 6.20 Å². The van der Waals surface area contributed by atoms with Gasteiger partial charge >= 0.3 is 5.97 Å². The molecule has 1 saturated heterocycles. The molecule has 0 aliphatic carbocycles. The molecule has 0 radical (unpaired) electrons. The number of aromatic carboxylic acids is 1. The van der Waals surface area contributed by atoms with Gasteiger partial charge in [-0.25, -0.2) is 14.8 Å². The monoisotopic (exact) mass is 208 g/mol. The minimum atomic E-state index is -1.10. The largest absolute Gasteiger partial charge is 0.475 e. The predicted octanol–water partition coefficient (Wildman–Crippen LogP) is 1.42. The Hall–Kier alpha value is -1.49. The van der Waals surface area contributed by atoms with E-state index >= 15 is 0 Å². The first-order valence-corrected chi connectivity index (χ1v) is 4.95. The molecule has 0 bridgehead atoms. The van der Waals surface area contributed by atoms with Gasteiger partial charge in [0, 0.05) is 12.8 Å². The molecular weight excluding hydrogens is 196 g/mol. The summed E-state index contributed by atoms with van der Waals surface area (Å²) in [5.74, 6) is -1.27. The fraction of sp³-hybridized carbons (Fsp3) is 0.500. The molecule has 0 spiro atoms. The van der Waals surface area contributed by atoms with Crippen molar-refractivity contribution in [1.82, 2.24) is 9.97 Å². The highest BCUT2D eigenvalue weighted by atomic mass is 16.5. The van der Waals surface area contributed by atoms with Crippen LogP contribution in [0, 0.1) is 0 Å². The Balaban J connectivity index is 2.19. The van der Waals surface area contributed by atoms with E-state index in [0.717, 1.165) is 25.9 Å². The molecule has 1 fully saturated rings. The molecule has 1 aliphatic heterocycles. The van der Waals surface area contributed by atoms with E-state index in [4.69, 9.17) is 9.84 Å². The van der Waals surface area contributed by atoms with Crippen molar-refractivity contribution < 1.29 is 14.6 Å². The highest BCUT2D eigenvalue weighted by molar-refractivity contribution is 5.82. The van der Waals surface area contributed by atoms with Crippen molar-refractivity contribution in [3.63, 3.8) is 0 Å². The van der Waals surface area contributed by atoms with Gasteiger partial charge in [0.15, 0.2) is 0 Å². The van der Waals surface area contributed by atoms with Crippen LogP contribution in [0.25, 0.3) is 0 Å². The number of carbonyl (C=O) groups is 1. The average molecular weight is 208 g/mol. The lowest BCUT2D eigenvalue weighted by Crippen LogP contribution is -2.15. The molecular formula is C10H12N2O3. The maximum Gasteiger partial charge on any atom is 0.373 e. The molecule has 1 aromatic rings. The lowest BCUT2D eigenvalue weighted by Gasteiger charge is -2.21. The zero-order valence-corrected chi connectivity index (χ0v) is 8.22. The summed E-state index contributed by atoms with van der Waals surface area (Å²) in [7, 11) is 0. The summed E-state index contributed by atoms with van der Waals surface area (Å²) < 4.78 is 5.52. The van der Waals surface area contributed by atoms with Gasteiger partial charge in [-0.15, -0.1) is 0 Å². The maximum absolute atomic E-state index is 10.7. The second-order valence-electron chi connectivity index (χ2n) is 3.47. The smallest absolute Gasteiger partial charge is 0.373 e. The molecule has 1 N–H and O–H groups in total. The minimum absolute atomic E-state index is 0.0696. The number of carboxylic acid groups (broad SMARTS) is 1. The summed E-state index contributed by atoms with van der Waals surface area (Å²) >= 11 is 0. The lowest BCUT2D eigenvalue weighted by molar-refractivity contribution is 0.0120. The standard InChI is InChI=1S/C10H12N2O3/c13-10(14)9-11-5-4-7(12-9)8-3-1-2-6-15-8/h4-5,8H,1-3,6H2,(H,13,14). The van der Waals surface area contributed by atoms with Gasteiger partial charge in [-0.05, 0) is 25.3 Å². The molecule has 15 heavy (non-hydrogen) atoms. The summed E-state index contributed by atoms with van der Waals surface area (Å²) in [5, 5.41) is 8.74. The van der Waals surface area contributed by atoms with E-state index in [1.807, 2.05) is 0 Å². The van der Waals surface area contributed by atoms with Gasteiger partial charge in [0.25, 0.3) is 0 Å². The third-order valence-corrected chi connectivity index (χ3v) is 2.38. The summed E-state index contributed by atoms with van der Waals surface area (Å²) in [6.07, 6.45) is 4.45. The second-order valence-corrected chi connectivity index (χ2v) is 3.47. The highest BCUT2D eigenvalue weighted by Crippen LogP contribution is 2.25. The SMILES string of the molecule is O=C(O)c1nccc(C2CCCCO2)n1. The fourth-order valence-corrected chi connectivity index (χ4v) is 1.63. The van der Waals surface area contributed by atoms with E-state index in [2.05, 4.69) is 9.97 Å². The number of nitrogens with zero attached hydrogens (tertiary/aromatic N) is 2. The van der Waals surface area contributed by atoms with E-state index < -0.39 is 5.97 Å². The van der Waals surface area contributed by atoms with Gasteiger partial charge in [0.05, 0.1) is 11.8 Å². The van der Waals surface area contributed by atoms with Crippen LogP contribution in [-0.4, -0.2) is 27.7 Å². The number of carboxylic acids is 1. The Morgan fingerprint density at radius 3 is 3.07 bits per heavy atom. The van der Waals surface area contributed by atoms with Gasteiger partial charge in [0.2, 0.25) is 5.82 Å². The van der Waals surface area contributed by atoms with Crippen molar-refractivity contribution in [2.24, 2.45) is 0 Å². The third kappa shape index (κ3) is 2.30. The lowest BCUT2D eigenvalue weighted by atomic mass is 10.1. The first-order chi connectivity index (χ1) is 7.27. The molecule has 0 amide bonds. The zero-order chi connectivity index (χ0) is 10.7. The number of aromatic nitrogens is 2. The van der Waals surface area contributed by atoms with Gasteiger partial charge in [-0.3, -0.25) is 0 Å². The van der Waals surface area contributed by atoms with Crippen LogP contribution >= 0.6 is 0 Å². The first-order valence-electron chi connectivity index (χ1n) is 4.95. The van der Waals surface area contributed by atoms with Gasteiger partial charge < -0.3 is 9.84 Å². The summed E-state index contributed by atoms with van der Waals surface area (Å²) in [6, 6.07) is 1.71. The van der Waals surface area contributed by atoms with Crippen LogP contribution in [0.4, 0.5) is 0 Å². The van der Waals surface area contributed by atoms with Crippen molar-refractivity contribution in [2.75, 3.05) is 6.61 Å². The van der Waals surface area contributed by atoms with Crippen LogP contribution in [0.15, 0.2) is 12.3 Å². The quantitative estimate of drug-likeness (QED) is 0.795. The molecule has 80 valence electrons. The Labute approximate surface area is 87.1 Å². The molecule has 2 rings (SSSR count). The van der Waals surface area contributed by atoms with E-state index in [0.29, 0.717) is 5.69 Å². The number of hydrogen-bond donors (Lipinski definition) is 1. The summed E-state index contributed by atoms with van der Waals surface area (Å²) in [5.41, 5.74) is 0.669. The zero-order valence-electron chi connectivity index (χ0n) is 8.22. The van der Waals surface area contributed by atoms with Crippen LogP contribution in [0.2, 0.25) is 0 Å². The molecule has 5 heteroatoms. The van der Waals surface area contributed by atoms with Gasteiger partial charge in [-0.1, -0.05) is 0 Å². The Bertz CT molecular complexity index is 361. The van der Waals surface area contributed by atoms with Gasteiger partial charge in [-0.2, -0.15) is 0 Å². The van der Waals surface area contributed by atoms with Crippen LogP contribution in [0.1, 0.15) is 41.7 Å². The molecule has 1 aromatic heterocycles. The van der Waals surface area contributed by atoms with Crippen LogP contribution in [-0.2, 0) is 4.74 Å². The second kappa shape index (κ2) is 4.35. The molecule has 1 unspecified atom stereocenters. The van der Waals surface area contributed by atoms with Crippen molar-refractivity contribution >= 4 is 5.97 Å². The van der Waals surface area contributed by atoms with E-state index in [1.54, 1.807) is 6.07 Å². The van der Waals surface area contributed by atoms with Crippen molar-refractivity contribution in [3.05, 3.63) is 23.8 Å². The molecule has 0 aromatic carbocycles. The fourth-order valence-electron chi connectivity index (χ4n) is 1.63. The topological polar surface area (TPSA) is 72.3 Å². The number of rotatable bonds is 2. The Morgan fingerprint density at radius 1 is 1.53 bits per heavy atom. The number of hydrogen-bond acceptors (Lipinski definition) is 4. The summed E-state index contributed by atoms with van der Waals surface area (Å²) in [4.78, 5) is 18.3. The highest BCUT2D eigenvalue weighted by Gasteiger charge is 2.18. The maximum atomic E-state index is 10.7. The van der Waals surface area contributed by atoms with E-state index in [-0.39, 0.29) is 11.9 Å². The Kier molecular flexibility index (Phi) is 2.91. The van der Waals surface area contributed by atoms with Crippen LogP contribution < -0.4 is 0 Å². The molecule has 1 atom stereocenters. The number of ether oxygens (including phenoxy) is 1.